The Morgan fingerprint density at radius 2 is 2.04 bits per heavy atom. The maximum absolute atomic E-state index is 12.9. The molecule has 138 valence electrons. The number of benzene rings is 1. The average Bonchev–Trinajstić information content (AvgIpc) is 3.18. The molecule has 0 aliphatic rings. The van der Waals surface area contributed by atoms with E-state index in [0.29, 0.717) is 17.2 Å². The Hall–Kier alpha value is -3.56. The average molecular weight is 367 g/mol. The normalized spacial score (nSPS) is 11.6. The summed E-state index contributed by atoms with van der Waals surface area (Å²) in [5.74, 6) is 0.358. The maximum Gasteiger partial charge on any atom is 0.352 e. The SMILES string of the molecule is Cc1nonc1NC(=O)Cn1nc2c3ccccc3nc(C(C)C)n2c1=O. The zero-order valence-corrected chi connectivity index (χ0v) is 15.0. The van der Waals surface area contributed by atoms with Crippen molar-refractivity contribution in [2.45, 2.75) is 33.2 Å². The van der Waals surface area contributed by atoms with Crippen molar-refractivity contribution in [3.05, 3.63) is 46.3 Å². The van der Waals surface area contributed by atoms with Gasteiger partial charge in [-0.3, -0.25) is 4.79 Å². The number of para-hydroxylation sites is 1. The Balaban J connectivity index is 1.80. The molecule has 0 spiro atoms. The van der Waals surface area contributed by atoms with Crippen molar-refractivity contribution < 1.29 is 9.42 Å². The van der Waals surface area contributed by atoms with Gasteiger partial charge in [0, 0.05) is 11.3 Å². The number of rotatable bonds is 4. The molecule has 1 N–H and O–H groups in total. The molecule has 27 heavy (non-hydrogen) atoms. The standard InChI is InChI=1S/C17H17N7O3/c1-9(2)15-18-12-7-5-4-6-11(12)16-20-23(17(26)24(15)16)8-13(25)19-14-10(3)21-27-22-14/h4-7,9H,8H2,1-3H3,(H,19,22,25). The van der Waals surface area contributed by atoms with Gasteiger partial charge in [-0.2, -0.15) is 0 Å². The van der Waals surface area contributed by atoms with Crippen molar-refractivity contribution in [3.63, 3.8) is 0 Å². The van der Waals surface area contributed by atoms with Gasteiger partial charge in [0.25, 0.3) is 0 Å². The number of nitrogens with one attached hydrogen (secondary N) is 1. The molecule has 0 radical (unpaired) electrons. The van der Waals surface area contributed by atoms with Crippen molar-refractivity contribution in [1.29, 1.82) is 0 Å². The Labute approximate surface area is 152 Å². The number of carbonyl (C=O) groups is 1. The Bertz CT molecular complexity index is 1220. The molecule has 10 heteroatoms. The molecule has 0 bridgehead atoms. The highest BCUT2D eigenvalue weighted by molar-refractivity contribution is 5.92. The molecule has 4 rings (SSSR count). The van der Waals surface area contributed by atoms with Gasteiger partial charge in [-0.1, -0.05) is 31.1 Å². The molecule has 0 unspecified atom stereocenters. The largest absolute Gasteiger partial charge is 0.352 e. The van der Waals surface area contributed by atoms with Gasteiger partial charge in [0.2, 0.25) is 5.91 Å². The first-order valence-electron chi connectivity index (χ1n) is 8.43. The summed E-state index contributed by atoms with van der Waals surface area (Å²) >= 11 is 0. The number of hydrogen-bond acceptors (Lipinski definition) is 7. The van der Waals surface area contributed by atoms with Crippen LogP contribution in [0.3, 0.4) is 0 Å². The summed E-state index contributed by atoms with van der Waals surface area (Å²) in [4.78, 5) is 29.8. The van der Waals surface area contributed by atoms with Crippen LogP contribution in [0.2, 0.25) is 0 Å². The highest BCUT2D eigenvalue weighted by atomic mass is 16.6. The van der Waals surface area contributed by atoms with Crippen molar-refractivity contribution in [2.24, 2.45) is 0 Å². The minimum absolute atomic E-state index is 0.00476. The maximum atomic E-state index is 12.9. The minimum atomic E-state index is -0.456. The molecule has 0 aliphatic heterocycles. The van der Waals surface area contributed by atoms with E-state index in [9.17, 15) is 9.59 Å². The van der Waals surface area contributed by atoms with Gasteiger partial charge in [-0.25, -0.2) is 23.5 Å². The summed E-state index contributed by atoms with van der Waals surface area (Å²) in [6.07, 6.45) is 0. The Morgan fingerprint density at radius 3 is 2.74 bits per heavy atom. The van der Waals surface area contributed by atoms with Crippen LogP contribution in [0, 0.1) is 6.92 Å². The van der Waals surface area contributed by atoms with Gasteiger partial charge in [0.1, 0.15) is 18.1 Å². The number of amides is 1. The van der Waals surface area contributed by atoms with Crippen LogP contribution in [0.4, 0.5) is 5.82 Å². The van der Waals surface area contributed by atoms with Gasteiger partial charge < -0.3 is 5.32 Å². The van der Waals surface area contributed by atoms with E-state index in [1.807, 2.05) is 38.1 Å². The number of aryl methyl sites for hydroxylation is 1. The molecular formula is C17H17N7O3. The second-order valence-corrected chi connectivity index (χ2v) is 6.49. The van der Waals surface area contributed by atoms with E-state index in [1.165, 1.54) is 4.40 Å². The minimum Gasteiger partial charge on any atom is -0.305 e. The van der Waals surface area contributed by atoms with E-state index in [4.69, 9.17) is 0 Å². The van der Waals surface area contributed by atoms with Gasteiger partial charge in [0.15, 0.2) is 11.5 Å². The monoisotopic (exact) mass is 367 g/mol. The van der Waals surface area contributed by atoms with Crippen molar-refractivity contribution in [2.75, 3.05) is 5.32 Å². The molecule has 0 atom stereocenters. The quantitative estimate of drug-likeness (QED) is 0.580. The van der Waals surface area contributed by atoms with Crippen LogP contribution in [0.15, 0.2) is 33.7 Å². The van der Waals surface area contributed by atoms with E-state index in [2.05, 4.69) is 30.3 Å². The second-order valence-electron chi connectivity index (χ2n) is 6.49. The van der Waals surface area contributed by atoms with Crippen LogP contribution in [-0.2, 0) is 11.3 Å². The lowest BCUT2D eigenvalue weighted by Gasteiger charge is -2.08. The third-order valence-electron chi connectivity index (χ3n) is 4.17. The topological polar surface area (TPSA) is 120 Å². The molecule has 0 fully saturated rings. The number of fused-ring (bicyclic) bond motifs is 3. The lowest BCUT2D eigenvalue weighted by Crippen LogP contribution is -2.29. The fourth-order valence-corrected chi connectivity index (χ4v) is 2.87. The van der Waals surface area contributed by atoms with Crippen LogP contribution in [0.25, 0.3) is 16.6 Å². The lowest BCUT2D eigenvalue weighted by atomic mass is 10.2. The van der Waals surface area contributed by atoms with Crippen molar-refractivity contribution in [1.82, 2.24) is 29.5 Å². The highest BCUT2D eigenvalue weighted by Gasteiger charge is 2.19. The Kier molecular flexibility index (Phi) is 3.94. The zero-order chi connectivity index (χ0) is 19.1. The number of anilines is 1. The van der Waals surface area contributed by atoms with E-state index in [1.54, 1.807) is 6.92 Å². The van der Waals surface area contributed by atoms with Crippen LogP contribution in [0.5, 0.6) is 0 Å². The molecule has 3 aromatic heterocycles. The summed E-state index contributed by atoms with van der Waals surface area (Å²) in [5.41, 5.74) is 1.25. The lowest BCUT2D eigenvalue weighted by molar-refractivity contribution is -0.117. The fraction of sp³-hybridized carbons (Fsp3) is 0.294. The first kappa shape index (κ1) is 16.9. The van der Waals surface area contributed by atoms with Crippen LogP contribution in [0.1, 0.15) is 31.3 Å². The molecule has 0 saturated carbocycles. The third-order valence-corrected chi connectivity index (χ3v) is 4.17. The zero-order valence-electron chi connectivity index (χ0n) is 15.0. The van der Waals surface area contributed by atoms with E-state index >= 15 is 0 Å². The smallest absolute Gasteiger partial charge is 0.305 e. The van der Waals surface area contributed by atoms with Crippen molar-refractivity contribution >= 4 is 28.3 Å². The number of hydrogen-bond donors (Lipinski definition) is 1. The predicted octanol–water partition coefficient (Wildman–Crippen LogP) is 1.50. The summed E-state index contributed by atoms with van der Waals surface area (Å²) < 4.78 is 7.13. The summed E-state index contributed by atoms with van der Waals surface area (Å²) in [6.45, 7) is 5.29. The summed E-state index contributed by atoms with van der Waals surface area (Å²) in [6, 6.07) is 7.46. The highest BCUT2D eigenvalue weighted by Crippen LogP contribution is 2.20. The van der Waals surface area contributed by atoms with Gasteiger partial charge in [-0.15, -0.1) is 5.10 Å². The first-order chi connectivity index (χ1) is 13.0. The summed E-state index contributed by atoms with van der Waals surface area (Å²) in [5, 5.41) is 14.9. The van der Waals surface area contributed by atoms with Crippen LogP contribution in [-0.4, -0.2) is 35.4 Å². The first-order valence-corrected chi connectivity index (χ1v) is 8.43. The molecule has 1 amide bonds. The van der Waals surface area contributed by atoms with Gasteiger partial charge in [-0.05, 0) is 24.2 Å². The molecule has 4 aromatic rings. The van der Waals surface area contributed by atoms with Gasteiger partial charge in [0.05, 0.1) is 5.52 Å². The Morgan fingerprint density at radius 1 is 1.26 bits per heavy atom. The number of nitrogens with zero attached hydrogens (tertiary/aromatic N) is 6. The molecule has 3 heterocycles. The molecule has 0 saturated heterocycles. The summed E-state index contributed by atoms with van der Waals surface area (Å²) in [7, 11) is 0. The van der Waals surface area contributed by atoms with Crippen LogP contribution >= 0.6 is 0 Å². The molecule has 1 aromatic carbocycles. The van der Waals surface area contributed by atoms with Gasteiger partial charge >= 0.3 is 5.69 Å². The van der Waals surface area contributed by atoms with E-state index in [0.717, 1.165) is 15.6 Å². The molecular weight excluding hydrogens is 350 g/mol. The number of aromatic nitrogens is 6. The van der Waals surface area contributed by atoms with Crippen molar-refractivity contribution in [3.8, 4) is 0 Å². The molecule has 0 aliphatic carbocycles. The van der Waals surface area contributed by atoms with E-state index in [-0.39, 0.29) is 18.3 Å². The fourth-order valence-electron chi connectivity index (χ4n) is 2.87. The van der Waals surface area contributed by atoms with Crippen LogP contribution < -0.4 is 11.0 Å². The number of carbonyl (C=O) groups excluding carboxylic acids is 1. The molecule has 10 nitrogen and oxygen atoms in total. The predicted molar refractivity (Wildman–Crippen MR) is 96.5 cm³/mol. The third kappa shape index (κ3) is 2.84. The van der Waals surface area contributed by atoms with E-state index < -0.39 is 11.6 Å². The second kappa shape index (κ2) is 6.31.